The number of nitrogens with zero attached hydrogens (tertiary/aromatic N) is 1. The van der Waals surface area contributed by atoms with Crippen LogP contribution in [-0.2, 0) is 22.6 Å². The Bertz CT molecular complexity index is 706. The normalized spacial score (nSPS) is 13.6. The van der Waals surface area contributed by atoms with Crippen LogP contribution in [0.15, 0.2) is 42.6 Å². The zero-order valence-corrected chi connectivity index (χ0v) is 16.8. The van der Waals surface area contributed by atoms with Crippen LogP contribution in [0.2, 0.25) is 0 Å². The van der Waals surface area contributed by atoms with Crippen molar-refractivity contribution in [1.29, 1.82) is 0 Å². The van der Waals surface area contributed by atoms with Crippen LogP contribution in [-0.4, -0.2) is 29.7 Å². The standard InChI is InChI=1S/C22H32N2O2/c1-6-26-22(25)16-24(19(5)17(2)3)15-21-11-8-12-23(21)14-20-10-7-9-18(4)13-20/h7-13,17,19H,6,14-16H2,1-5H3/p+1/t19-/m1/s1. The van der Waals surface area contributed by atoms with E-state index in [-0.39, 0.29) is 5.97 Å². The van der Waals surface area contributed by atoms with Crippen LogP contribution in [0.4, 0.5) is 0 Å². The number of aromatic nitrogens is 1. The highest BCUT2D eigenvalue weighted by Crippen LogP contribution is 2.10. The summed E-state index contributed by atoms with van der Waals surface area (Å²) in [4.78, 5) is 13.3. The van der Waals surface area contributed by atoms with Crippen molar-refractivity contribution in [3.63, 3.8) is 0 Å². The second-order valence-electron chi connectivity index (χ2n) is 7.47. The lowest BCUT2D eigenvalue weighted by Crippen LogP contribution is -3.15. The number of benzene rings is 1. The molecule has 1 heterocycles. The van der Waals surface area contributed by atoms with E-state index in [1.807, 2.05) is 6.92 Å². The fourth-order valence-electron chi connectivity index (χ4n) is 3.26. The lowest BCUT2D eigenvalue weighted by atomic mass is 10.0. The summed E-state index contributed by atoms with van der Waals surface area (Å²) in [6, 6.07) is 13.2. The van der Waals surface area contributed by atoms with Gasteiger partial charge < -0.3 is 14.2 Å². The molecule has 1 N–H and O–H groups in total. The molecule has 142 valence electrons. The van der Waals surface area contributed by atoms with E-state index >= 15 is 0 Å². The number of hydrogen-bond acceptors (Lipinski definition) is 2. The van der Waals surface area contributed by atoms with Crippen molar-refractivity contribution < 1.29 is 14.4 Å². The Balaban J connectivity index is 2.15. The summed E-state index contributed by atoms with van der Waals surface area (Å²) in [6.07, 6.45) is 2.12. The Morgan fingerprint density at radius 2 is 1.96 bits per heavy atom. The first-order chi connectivity index (χ1) is 12.4. The lowest BCUT2D eigenvalue weighted by Gasteiger charge is -2.28. The molecule has 2 atom stereocenters. The molecule has 0 fully saturated rings. The van der Waals surface area contributed by atoms with Crippen molar-refractivity contribution in [2.45, 2.75) is 53.8 Å². The molecule has 0 bridgehead atoms. The summed E-state index contributed by atoms with van der Waals surface area (Å²) in [5.41, 5.74) is 3.82. The summed E-state index contributed by atoms with van der Waals surface area (Å²) in [5.74, 6) is 0.381. The number of nitrogens with one attached hydrogen (secondary N) is 1. The Hall–Kier alpha value is -2.07. The van der Waals surface area contributed by atoms with E-state index in [0.29, 0.717) is 25.1 Å². The van der Waals surface area contributed by atoms with Crippen LogP contribution in [0.1, 0.15) is 44.5 Å². The summed E-state index contributed by atoms with van der Waals surface area (Å²) in [7, 11) is 0. The van der Waals surface area contributed by atoms with Gasteiger partial charge in [0.25, 0.3) is 0 Å². The summed E-state index contributed by atoms with van der Waals surface area (Å²) in [5, 5.41) is 0. The first kappa shape index (κ1) is 20.2. The molecule has 0 aliphatic rings. The van der Waals surface area contributed by atoms with E-state index in [4.69, 9.17) is 4.74 Å². The van der Waals surface area contributed by atoms with Gasteiger partial charge in [0.15, 0.2) is 6.54 Å². The number of quaternary nitrogens is 1. The van der Waals surface area contributed by atoms with Gasteiger partial charge in [0.05, 0.1) is 18.3 Å². The van der Waals surface area contributed by atoms with Gasteiger partial charge in [-0.15, -0.1) is 0 Å². The molecule has 0 amide bonds. The number of ether oxygens (including phenoxy) is 1. The average molecular weight is 358 g/mol. The minimum Gasteiger partial charge on any atom is -0.462 e. The minimum absolute atomic E-state index is 0.119. The third-order valence-corrected chi connectivity index (χ3v) is 5.09. The quantitative estimate of drug-likeness (QED) is 0.701. The molecule has 0 saturated heterocycles. The van der Waals surface area contributed by atoms with Gasteiger partial charge in [-0.2, -0.15) is 0 Å². The Labute approximate surface area is 157 Å². The molecule has 4 nitrogen and oxygen atoms in total. The molecule has 0 spiro atoms. The highest BCUT2D eigenvalue weighted by molar-refractivity contribution is 5.70. The zero-order chi connectivity index (χ0) is 19.1. The number of carbonyl (C=O) groups excluding carboxylic acids is 1. The number of rotatable bonds is 9. The molecule has 2 aromatic rings. The molecule has 1 aromatic carbocycles. The van der Waals surface area contributed by atoms with Crippen LogP contribution in [0, 0.1) is 12.8 Å². The van der Waals surface area contributed by atoms with Crippen molar-refractivity contribution in [3.8, 4) is 0 Å². The Morgan fingerprint density at radius 3 is 2.62 bits per heavy atom. The summed E-state index contributed by atoms with van der Waals surface area (Å²) >= 11 is 0. The third kappa shape index (κ3) is 5.73. The second-order valence-corrected chi connectivity index (χ2v) is 7.47. The van der Waals surface area contributed by atoms with Crippen LogP contribution >= 0.6 is 0 Å². The van der Waals surface area contributed by atoms with Gasteiger partial charge in [-0.1, -0.05) is 43.7 Å². The van der Waals surface area contributed by atoms with Gasteiger partial charge in [-0.3, -0.25) is 0 Å². The van der Waals surface area contributed by atoms with E-state index in [1.165, 1.54) is 21.7 Å². The smallest absolute Gasteiger partial charge is 0.361 e. The van der Waals surface area contributed by atoms with Crippen molar-refractivity contribution >= 4 is 5.97 Å². The van der Waals surface area contributed by atoms with Gasteiger partial charge >= 0.3 is 5.97 Å². The minimum atomic E-state index is -0.119. The van der Waals surface area contributed by atoms with Crippen LogP contribution in [0.5, 0.6) is 0 Å². The molecule has 0 saturated carbocycles. The maximum absolute atomic E-state index is 12.1. The Kier molecular flexibility index (Phi) is 7.46. The fraction of sp³-hybridized carbons (Fsp3) is 0.500. The van der Waals surface area contributed by atoms with E-state index < -0.39 is 0 Å². The van der Waals surface area contributed by atoms with Crippen molar-refractivity contribution in [2.24, 2.45) is 5.92 Å². The molecule has 26 heavy (non-hydrogen) atoms. The number of carbonyl (C=O) groups is 1. The second kappa shape index (κ2) is 9.58. The molecule has 0 aliphatic carbocycles. The van der Waals surface area contributed by atoms with E-state index in [0.717, 1.165) is 13.1 Å². The largest absolute Gasteiger partial charge is 0.462 e. The van der Waals surface area contributed by atoms with E-state index in [1.54, 1.807) is 0 Å². The lowest BCUT2D eigenvalue weighted by molar-refractivity contribution is -0.933. The van der Waals surface area contributed by atoms with Crippen molar-refractivity contribution in [1.82, 2.24) is 4.57 Å². The SMILES string of the molecule is CCOC(=O)C[NH+](Cc1cccn1Cc1cccc(C)c1)[C@H](C)C(C)C. The molecule has 0 radical (unpaired) electrons. The monoisotopic (exact) mass is 357 g/mol. The maximum atomic E-state index is 12.1. The number of hydrogen-bond donors (Lipinski definition) is 1. The predicted molar refractivity (Wildman–Crippen MR) is 105 cm³/mol. The molecule has 0 aliphatic heterocycles. The first-order valence-corrected chi connectivity index (χ1v) is 9.60. The highest BCUT2D eigenvalue weighted by Gasteiger charge is 2.25. The zero-order valence-electron chi connectivity index (χ0n) is 16.8. The fourth-order valence-corrected chi connectivity index (χ4v) is 3.26. The van der Waals surface area contributed by atoms with Crippen molar-refractivity contribution in [3.05, 3.63) is 59.4 Å². The predicted octanol–water partition coefficient (Wildman–Crippen LogP) is 2.84. The van der Waals surface area contributed by atoms with Gasteiger partial charge in [0.1, 0.15) is 6.54 Å². The summed E-state index contributed by atoms with van der Waals surface area (Å²) in [6.45, 7) is 13.1. The van der Waals surface area contributed by atoms with Gasteiger partial charge in [-0.05, 0) is 38.5 Å². The molecule has 4 heteroatoms. The molecular weight excluding hydrogens is 324 g/mol. The van der Waals surface area contributed by atoms with Crippen LogP contribution in [0.3, 0.4) is 0 Å². The molecule has 1 unspecified atom stereocenters. The number of esters is 1. The Morgan fingerprint density at radius 1 is 1.19 bits per heavy atom. The highest BCUT2D eigenvalue weighted by atomic mass is 16.5. The topological polar surface area (TPSA) is 35.7 Å². The van der Waals surface area contributed by atoms with Gasteiger partial charge in [-0.25, -0.2) is 4.79 Å². The maximum Gasteiger partial charge on any atom is 0.361 e. The number of aryl methyl sites for hydroxylation is 1. The van der Waals surface area contributed by atoms with Crippen LogP contribution < -0.4 is 4.90 Å². The van der Waals surface area contributed by atoms with Gasteiger partial charge in [0.2, 0.25) is 0 Å². The summed E-state index contributed by atoms with van der Waals surface area (Å²) < 4.78 is 7.48. The third-order valence-electron chi connectivity index (χ3n) is 5.09. The molecular formula is C22H33N2O2+. The molecule has 1 aromatic heterocycles. The average Bonchev–Trinajstić information content (AvgIpc) is 3.00. The molecule has 2 rings (SSSR count). The van der Waals surface area contributed by atoms with Crippen LogP contribution in [0.25, 0.3) is 0 Å². The van der Waals surface area contributed by atoms with Gasteiger partial charge in [0, 0.05) is 18.7 Å². The van der Waals surface area contributed by atoms with E-state index in [2.05, 4.69) is 74.9 Å². The first-order valence-electron chi connectivity index (χ1n) is 9.60. The van der Waals surface area contributed by atoms with E-state index in [9.17, 15) is 4.79 Å². The van der Waals surface area contributed by atoms with Crippen molar-refractivity contribution in [2.75, 3.05) is 13.2 Å².